The second kappa shape index (κ2) is 9.04. The van der Waals surface area contributed by atoms with Gasteiger partial charge in [-0.15, -0.1) is 0 Å². The van der Waals surface area contributed by atoms with E-state index in [1.54, 1.807) is 11.8 Å². The number of hydrogen-bond donors (Lipinski definition) is 0. The molecule has 27 heavy (non-hydrogen) atoms. The smallest absolute Gasteiger partial charge is 0.311 e. The number of benzene rings is 2. The van der Waals surface area contributed by atoms with E-state index in [1.807, 2.05) is 42.5 Å². The van der Waals surface area contributed by atoms with Crippen LogP contribution in [0.3, 0.4) is 0 Å². The fourth-order valence-corrected chi connectivity index (χ4v) is 3.40. The molecule has 0 spiro atoms. The van der Waals surface area contributed by atoms with Gasteiger partial charge in [-0.3, -0.25) is 9.59 Å². The number of anilines is 1. The summed E-state index contributed by atoms with van der Waals surface area (Å²) in [5.74, 6) is -0.520. The Morgan fingerprint density at radius 2 is 1.63 bits per heavy atom. The van der Waals surface area contributed by atoms with Crippen LogP contribution in [0, 0.1) is 0 Å². The summed E-state index contributed by atoms with van der Waals surface area (Å²) in [6, 6.07) is 17.6. The Kier molecular flexibility index (Phi) is 6.50. The van der Waals surface area contributed by atoms with Gasteiger partial charge in [0.15, 0.2) is 6.10 Å². The lowest BCUT2D eigenvalue weighted by Gasteiger charge is -2.37. The number of hydrogen-bond acceptors (Lipinski definition) is 4. The number of para-hydroxylation sites is 1. The van der Waals surface area contributed by atoms with Crippen molar-refractivity contribution in [3.63, 3.8) is 0 Å². The Labute approximate surface area is 168 Å². The SMILES string of the molecule is CC(OC(=O)Cc1ccc(Br)cc1)C(=O)N1CCN(c2ccccc2)CC1. The van der Waals surface area contributed by atoms with E-state index in [4.69, 9.17) is 4.74 Å². The number of nitrogens with zero attached hydrogens (tertiary/aromatic N) is 2. The minimum atomic E-state index is -0.767. The van der Waals surface area contributed by atoms with Crippen molar-refractivity contribution in [2.45, 2.75) is 19.4 Å². The zero-order valence-electron chi connectivity index (χ0n) is 15.3. The predicted octanol–water partition coefficient (Wildman–Crippen LogP) is 3.27. The number of amides is 1. The van der Waals surface area contributed by atoms with Crippen molar-refractivity contribution in [3.8, 4) is 0 Å². The monoisotopic (exact) mass is 430 g/mol. The van der Waals surface area contributed by atoms with Gasteiger partial charge < -0.3 is 14.5 Å². The lowest BCUT2D eigenvalue weighted by molar-refractivity contribution is -0.158. The first kappa shape index (κ1) is 19.4. The number of piperazine rings is 1. The fourth-order valence-electron chi connectivity index (χ4n) is 3.14. The minimum absolute atomic E-state index is 0.133. The van der Waals surface area contributed by atoms with Gasteiger partial charge in [0, 0.05) is 36.3 Å². The van der Waals surface area contributed by atoms with Crippen molar-refractivity contribution < 1.29 is 14.3 Å². The average molecular weight is 431 g/mol. The molecule has 5 nitrogen and oxygen atoms in total. The van der Waals surface area contributed by atoms with Gasteiger partial charge in [0.05, 0.1) is 6.42 Å². The predicted molar refractivity (Wildman–Crippen MR) is 109 cm³/mol. The van der Waals surface area contributed by atoms with Crippen molar-refractivity contribution in [3.05, 3.63) is 64.6 Å². The van der Waals surface area contributed by atoms with E-state index in [-0.39, 0.29) is 18.3 Å². The summed E-state index contributed by atoms with van der Waals surface area (Å²) < 4.78 is 6.31. The van der Waals surface area contributed by atoms with Crippen molar-refractivity contribution >= 4 is 33.5 Å². The van der Waals surface area contributed by atoms with Crippen LogP contribution in [-0.2, 0) is 20.7 Å². The lowest BCUT2D eigenvalue weighted by Crippen LogP contribution is -2.51. The molecule has 142 valence electrons. The van der Waals surface area contributed by atoms with Crippen molar-refractivity contribution in [2.24, 2.45) is 0 Å². The number of rotatable bonds is 5. The molecular weight excluding hydrogens is 408 g/mol. The summed E-state index contributed by atoms with van der Waals surface area (Å²) in [4.78, 5) is 28.7. The molecule has 0 aliphatic carbocycles. The van der Waals surface area contributed by atoms with Gasteiger partial charge in [-0.1, -0.05) is 46.3 Å². The van der Waals surface area contributed by atoms with E-state index < -0.39 is 6.10 Å². The zero-order valence-corrected chi connectivity index (χ0v) is 16.9. The van der Waals surface area contributed by atoms with Crippen molar-refractivity contribution in [2.75, 3.05) is 31.1 Å². The molecule has 1 aliphatic rings. The summed E-state index contributed by atoms with van der Waals surface area (Å²) in [6.07, 6.45) is -0.608. The zero-order chi connectivity index (χ0) is 19.2. The topological polar surface area (TPSA) is 49.9 Å². The number of esters is 1. The highest BCUT2D eigenvalue weighted by molar-refractivity contribution is 9.10. The van der Waals surface area contributed by atoms with Crippen LogP contribution < -0.4 is 4.90 Å². The molecule has 0 N–H and O–H groups in total. The molecule has 3 rings (SSSR count). The van der Waals surface area contributed by atoms with Crippen molar-refractivity contribution in [1.29, 1.82) is 0 Å². The minimum Gasteiger partial charge on any atom is -0.452 e. The molecule has 1 heterocycles. The van der Waals surface area contributed by atoms with Crippen LogP contribution in [0.15, 0.2) is 59.1 Å². The highest BCUT2D eigenvalue weighted by Crippen LogP contribution is 2.16. The Balaban J connectivity index is 1.47. The third kappa shape index (κ3) is 5.32. The number of carbonyl (C=O) groups excluding carboxylic acids is 2. The first-order valence-electron chi connectivity index (χ1n) is 9.05. The van der Waals surface area contributed by atoms with Crippen LogP contribution in [0.25, 0.3) is 0 Å². The van der Waals surface area contributed by atoms with Crippen LogP contribution in [0.5, 0.6) is 0 Å². The molecule has 1 aliphatic heterocycles. The average Bonchev–Trinajstić information content (AvgIpc) is 2.70. The van der Waals surface area contributed by atoms with Crippen LogP contribution in [0.4, 0.5) is 5.69 Å². The molecule has 0 saturated carbocycles. The molecule has 0 aromatic heterocycles. The van der Waals surface area contributed by atoms with Gasteiger partial charge in [0.2, 0.25) is 0 Å². The molecule has 2 aromatic rings. The Hall–Kier alpha value is -2.34. The van der Waals surface area contributed by atoms with E-state index in [0.717, 1.165) is 23.1 Å². The summed E-state index contributed by atoms with van der Waals surface area (Å²) in [5.41, 5.74) is 2.03. The van der Waals surface area contributed by atoms with Gasteiger partial charge in [-0.25, -0.2) is 0 Å². The normalized spacial score (nSPS) is 15.3. The van der Waals surface area contributed by atoms with E-state index in [0.29, 0.717) is 13.1 Å². The quantitative estimate of drug-likeness (QED) is 0.682. The third-order valence-electron chi connectivity index (χ3n) is 4.63. The maximum Gasteiger partial charge on any atom is 0.311 e. The number of halogens is 1. The Bertz CT molecular complexity index is 772. The van der Waals surface area contributed by atoms with E-state index in [9.17, 15) is 9.59 Å². The maximum absolute atomic E-state index is 12.6. The van der Waals surface area contributed by atoms with Crippen LogP contribution in [0.1, 0.15) is 12.5 Å². The van der Waals surface area contributed by atoms with E-state index in [1.165, 1.54) is 5.69 Å². The molecule has 1 atom stereocenters. The second-order valence-electron chi connectivity index (χ2n) is 6.58. The summed E-state index contributed by atoms with van der Waals surface area (Å²) in [6.45, 7) is 4.45. The van der Waals surface area contributed by atoms with E-state index >= 15 is 0 Å². The molecule has 1 amide bonds. The standard InChI is InChI=1S/C21H23BrN2O3/c1-16(27-20(25)15-17-7-9-18(22)10-8-17)21(26)24-13-11-23(12-14-24)19-5-3-2-4-6-19/h2-10,16H,11-15H2,1H3. The van der Waals surface area contributed by atoms with Gasteiger partial charge >= 0.3 is 5.97 Å². The fraction of sp³-hybridized carbons (Fsp3) is 0.333. The molecule has 1 fully saturated rings. The maximum atomic E-state index is 12.6. The first-order chi connectivity index (χ1) is 13.0. The van der Waals surface area contributed by atoms with Crippen LogP contribution >= 0.6 is 15.9 Å². The second-order valence-corrected chi connectivity index (χ2v) is 7.50. The number of carbonyl (C=O) groups is 2. The van der Waals surface area contributed by atoms with Crippen LogP contribution in [0.2, 0.25) is 0 Å². The van der Waals surface area contributed by atoms with Gasteiger partial charge in [-0.2, -0.15) is 0 Å². The highest BCUT2D eigenvalue weighted by Gasteiger charge is 2.27. The number of ether oxygens (including phenoxy) is 1. The summed E-state index contributed by atoms with van der Waals surface area (Å²) in [7, 11) is 0. The molecular formula is C21H23BrN2O3. The van der Waals surface area contributed by atoms with Crippen LogP contribution in [-0.4, -0.2) is 49.1 Å². The van der Waals surface area contributed by atoms with Gasteiger partial charge in [-0.05, 0) is 36.8 Å². The molecule has 2 aromatic carbocycles. The highest BCUT2D eigenvalue weighted by atomic mass is 79.9. The molecule has 1 unspecified atom stereocenters. The molecule has 1 saturated heterocycles. The lowest BCUT2D eigenvalue weighted by atomic mass is 10.1. The summed E-state index contributed by atoms with van der Waals surface area (Å²) in [5, 5.41) is 0. The largest absolute Gasteiger partial charge is 0.452 e. The Morgan fingerprint density at radius 1 is 1.00 bits per heavy atom. The van der Waals surface area contributed by atoms with Crippen molar-refractivity contribution in [1.82, 2.24) is 4.90 Å². The van der Waals surface area contributed by atoms with Gasteiger partial charge in [0.1, 0.15) is 0 Å². The Morgan fingerprint density at radius 3 is 2.26 bits per heavy atom. The summed E-state index contributed by atoms with van der Waals surface area (Å²) >= 11 is 3.36. The van der Waals surface area contributed by atoms with Gasteiger partial charge in [0.25, 0.3) is 5.91 Å². The molecule has 0 radical (unpaired) electrons. The van der Waals surface area contributed by atoms with E-state index in [2.05, 4.69) is 33.0 Å². The first-order valence-corrected chi connectivity index (χ1v) is 9.85. The molecule has 6 heteroatoms. The third-order valence-corrected chi connectivity index (χ3v) is 5.16. The molecule has 0 bridgehead atoms.